The Kier molecular flexibility index (Phi) is 5.62. The fourth-order valence-electron chi connectivity index (χ4n) is 3.38. The molecule has 0 fully saturated rings. The Hall–Kier alpha value is -1.92. The number of carbonyl (C=O) groups excluding carboxylic acids is 2. The van der Waals surface area contributed by atoms with Crippen molar-refractivity contribution in [1.29, 1.82) is 0 Å². The van der Waals surface area contributed by atoms with Crippen molar-refractivity contribution in [2.45, 2.75) is 46.1 Å². The predicted octanol–water partition coefficient (Wildman–Crippen LogP) is 1.48. The van der Waals surface area contributed by atoms with Gasteiger partial charge in [-0.2, -0.15) is 0 Å². The van der Waals surface area contributed by atoms with Gasteiger partial charge in [-0.05, 0) is 48.9 Å². The summed E-state index contributed by atoms with van der Waals surface area (Å²) in [5.74, 6) is 0.0449. The molecule has 0 radical (unpaired) electrons. The minimum absolute atomic E-state index is 0.0121. The molecule has 6 heteroatoms. The number of aliphatic hydroxyl groups excluding tert-OH is 2. The van der Waals surface area contributed by atoms with Crippen LogP contribution in [0, 0.1) is 13.8 Å². The Balaban J connectivity index is 2.68. The molecular formula is C18H26N2O4. The third-order valence-corrected chi connectivity index (χ3v) is 4.83. The maximum atomic E-state index is 12.2. The molecule has 2 rings (SSSR count). The van der Waals surface area contributed by atoms with E-state index < -0.39 is 12.7 Å². The first kappa shape index (κ1) is 18.4. The molecule has 2 unspecified atom stereocenters. The second-order valence-electron chi connectivity index (χ2n) is 6.55. The van der Waals surface area contributed by atoms with Gasteiger partial charge in [0.25, 0.3) is 0 Å². The first-order valence-corrected chi connectivity index (χ1v) is 8.24. The molecule has 0 saturated carbocycles. The van der Waals surface area contributed by atoms with Gasteiger partial charge in [-0.1, -0.05) is 6.92 Å². The van der Waals surface area contributed by atoms with Crippen LogP contribution in [0.15, 0.2) is 6.07 Å². The van der Waals surface area contributed by atoms with E-state index in [1.54, 1.807) is 4.90 Å². The molecule has 0 saturated heterocycles. The highest BCUT2D eigenvalue weighted by Gasteiger charge is 2.31. The van der Waals surface area contributed by atoms with E-state index in [0.29, 0.717) is 12.2 Å². The van der Waals surface area contributed by atoms with E-state index >= 15 is 0 Å². The molecule has 1 aromatic carbocycles. The molecule has 1 aliphatic rings. The van der Waals surface area contributed by atoms with Crippen LogP contribution < -0.4 is 9.80 Å². The van der Waals surface area contributed by atoms with Crippen LogP contribution in [0.25, 0.3) is 0 Å². The summed E-state index contributed by atoms with van der Waals surface area (Å²) in [6, 6.07) is 1.88. The zero-order valence-corrected chi connectivity index (χ0v) is 14.7. The second-order valence-corrected chi connectivity index (χ2v) is 6.55. The monoisotopic (exact) mass is 334 g/mol. The summed E-state index contributed by atoms with van der Waals surface area (Å²) in [5.41, 5.74) is 4.60. The lowest BCUT2D eigenvalue weighted by atomic mass is 9.85. The van der Waals surface area contributed by atoms with Crippen molar-refractivity contribution in [3.63, 3.8) is 0 Å². The van der Waals surface area contributed by atoms with Crippen LogP contribution in [-0.4, -0.2) is 48.3 Å². The summed E-state index contributed by atoms with van der Waals surface area (Å²) in [5, 5.41) is 18.9. The van der Waals surface area contributed by atoms with E-state index in [4.69, 9.17) is 5.11 Å². The zero-order valence-electron chi connectivity index (χ0n) is 14.7. The van der Waals surface area contributed by atoms with E-state index in [9.17, 15) is 14.7 Å². The summed E-state index contributed by atoms with van der Waals surface area (Å²) in [4.78, 5) is 26.8. The molecule has 2 atom stereocenters. The molecule has 6 nitrogen and oxygen atoms in total. The molecule has 0 aliphatic carbocycles. The number of nitrogens with zero attached hydrogens (tertiary/aromatic N) is 2. The van der Waals surface area contributed by atoms with E-state index in [2.05, 4.69) is 6.92 Å². The van der Waals surface area contributed by atoms with Gasteiger partial charge in [-0.3, -0.25) is 9.59 Å². The lowest BCUT2D eigenvalue weighted by molar-refractivity contribution is -0.117. The Bertz CT molecular complexity index is 644. The molecule has 1 aliphatic heterocycles. The summed E-state index contributed by atoms with van der Waals surface area (Å²) < 4.78 is 0. The number of hydrogen-bond acceptors (Lipinski definition) is 4. The Morgan fingerprint density at radius 2 is 2.17 bits per heavy atom. The fourth-order valence-corrected chi connectivity index (χ4v) is 3.38. The molecule has 24 heavy (non-hydrogen) atoms. The number of amides is 2. The largest absolute Gasteiger partial charge is 0.394 e. The number of anilines is 2. The molecule has 1 aromatic rings. The lowest BCUT2D eigenvalue weighted by Crippen LogP contribution is -2.40. The maximum absolute atomic E-state index is 12.2. The van der Waals surface area contributed by atoms with Crippen molar-refractivity contribution in [3.8, 4) is 0 Å². The SMILES string of the molecule is CC(=O)N(CC(O)CO)c1cc(C)c(C)c2c1N(C=O)CCC2C. The summed E-state index contributed by atoms with van der Waals surface area (Å²) in [6.45, 7) is 7.71. The summed E-state index contributed by atoms with van der Waals surface area (Å²) >= 11 is 0. The summed E-state index contributed by atoms with van der Waals surface area (Å²) in [6.07, 6.45) is 0.635. The van der Waals surface area contributed by atoms with Crippen molar-refractivity contribution in [2.24, 2.45) is 0 Å². The first-order valence-electron chi connectivity index (χ1n) is 8.24. The number of rotatable bonds is 5. The second kappa shape index (κ2) is 7.32. The molecule has 0 bridgehead atoms. The van der Waals surface area contributed by atoms with E-state index in [1.807, 2.05) is 19.9 Å². The number of carbonyl (C=O) groups is 2. The van der Waals surface area contributed by atoms with Crippen LogP contribution in [0.2, 0.25) is 0 Å². The van der Waals surface area contributed by atoms with Gasteiger partial charge < -0.3 is 20.0 Å². The van der Waals surface area contributed by atoms with Crippen LogP contribution in [0.4, 0.5) is 11.4 Å². The number of benzene rings is 1. The van der Waals surface area contributed by atoms with Gasteiger partial charge in [-0.15, -0.1) is 0 Å². The highest BCUT2D eigenvalue weighted by Crippen LogP contribution is 2.44. The molecule has 1 heterocycles. The highest BCUT2D eigenvalue weighted by molar-refractivity contribution is 5.99. The molecule has 132 valence electrons. The normalized spacial score (nSPS) is 18.1. The Labute approximate surface area is 142 Å². The van der Waals surface area contributed by atoms with Crippen LogP contribution in [0.1, 0.15) is 42.9 Å². The molecule has 0 aromatic heterocycles. The van der Waals surface area contributed by atoms with Gasteiger partial charge in [0, 0.05) is 13.5 Å². The third kappa shape index (κ3) is 3.30. The predicted molar refractivity (Wildman–Crippen MR) is 93.5 cm³/mol. The van der Waals surface area contributed by atoms with Crippen LogP contribution in [0.3, 0.4) is 0 Å². The van der Waals surface area contributed by atoms with Gasteiger partial charge in [0.05, 0.1) is 30.6 Å². The van der Waals surface area contributed by atoms with E-state index in [0.717, 1.165) is 35.2 Å². The topological polar surface area (TPSA) is 81.1 Å². The smallest absolute Gasteiger partial charge is 0.224 e. The van der Waals surface area contributed by atoms with Gasteiger partial charge in [-0.25, -0.2) is 0 Å². The number of aryl methyl sites for hydroxylation is 1. The van der Waals surface area contributed by atoms with E-state index in [-0.39, 0.29) is 18.4 Å². The number of aliphatic hydroxyl groups is 2. The van der Waals surface area contributed by atoms with Gasteiger partial charge in [0.15, 0.2) is 0 Å². The lowest BCUT2D eigenvalue weighted by Gasteiger charge is -2.37. The van der Waals surface area contributed by atoms with E-state index in [1.165, 1.54) is 11.8 Å². The maximum Gasteiger partial charge on any atom is 0.224 e. The molecule has 2 amide bonds. The average Bonchev–Trinajstić information content (AvgIpc) is 2.55. The van der Waals surface area contributed by atoms with Crippen molar-refractivity contribution in [2.75, 3.05) is 29.5 Å². The summed E-state index contributed by atoms with van der Waals surface area (Å²) in [7, 11) is 0. The number of hydrogen-bond donors (Lipinski definition) is 2. The Morgan fingerprint density at radius 1 is 1.50 bits per heavy atom. The van der Waals surface area contributed by atoms with Gasteiger partial charge in [0.2, 0.25) is 12.3 Å². The average molecular weight is 334 g/mol. The first-order chi connectivity index (χ1) is 11.3. The van der Waals surface area contributed by atoms with Crippen LogP contribution in [-0.2, 0) is 9.59 Å². The van der Waals surface area contributed by atoms with Crippen molar-refractivity contribution < 1.29 is 19.8 Å². The Morgan fingerprint density at radius 3 is 2.71 bits per heavy atom. The highest BCUT2D eigenvalue weighted by atomic mass is 16.3. The quantitative estimate of drug-likeness (QED) is 0.799. The minimum atomic E-state index is -1.03. The van der Waals surface area contributed by atoms with Crippen LogP contribution >= 0.6 is 0 Å². The van der Waals surface area contributed by atoms with Gasteiger partial charge >= 0.3 is 0 Å². The standard InChI is InChI=1S/C18H26N2O4/c1-11-5-6-19(10-22)18-16(7-12(2)13(3)17(11)18)20(14(4)23)8-15(24)9-21/h7,10-11,15,21,24H,5-6,8-9H2,1-4H3. The zero-order chi connectivity index (χ0) is 18.0. The molecule has 0 spiro atoms. The third-order valence-electron chi connectivity index (χ3n) is 4.83. The fraction of sp³-hybridized carbons (Fsp3) is 0.556. The number of fused-ring (bicyclic) bond motifs is 1. The van der Waals surface area contributed by atoms with Crippen molar-refractivity contribution in [1.82, 2.24) is 0 Å². The van der Waals surface area contributed by atoms with Crippen LogP contribution in [0.5, 0.6) is 0 Å². The van der Waals surface area contributed by atoms with Gasteiger partial charge in [0.1, 0.15) is 0 Å². The molecule has 2 N–H and O–H groups in total. The van der Waals surface area contributed by atoms with Crippen molar-refractivity contribution >= 4 is 23.7 Å². The minimum Gasteiger partial charge on any atom is -0.394 e. The van der Waals surface area contributed by atoms with Crippen molar-refractivity contribution in [3.05, 3.63) is 22.8 Å². The molecular weight excluding hydrogens is 308 g/mol.